The van der Waals surface area contributed by atoms with Gasteiger partial charge in [-0.3, -0.25) is 4.79 Å². The van der Waals surface area contributed by atoms with Gasteiger partial charge in [-0.15, -0.1) is 0 Å². The van der Waals surface area contributed by atoms with E-state index in [1.54, 1.807) is 6.20 Å². The highest BCUT2D eigenvalue weighted by Gasteiger charge is 2.24. The molecule has 4 N–H and O–H groups in total. The van der Waals surface area contributed by atoms with Gasteiger partial charge in [-0.1, -0.05) is 18.2 Å². The van der Waals surface area contributed by atoms with Crippen LogP contribution in [0.15, 0.2) is 48.7 Å². The summed E-state index contributed by atoms with van der Waals surface area (Å²) in [6.07, 6.45) is 5.38. The van der Waals surface area contributed by atoms with Crippen LogP contribution in [0.5, 0.6) is 0 Å². The molecule has 3 aromatic rings. The zero-order chi connectivity index (χ0) is 28.7. The van der Waals surface area contributed by atoms with Gasteiger partial charge in [-0.05, 0) is 89.5 Å². The molecule has 9 nitrogen and oxygen atoms in total. The van der Waals surface area contributed by atoms with Crippen molar-refractivity contribution in [3.63, 3.8) is 0 Å². The maximum absolute atomic E-state index is 13.4. The van der Waals surface area contributed by atoms with Gasteiger partial charge >= 0.3 is 6.09 Å². The minimum atomic E-state index is -0.501. The van der Waals surface area contributed by atoms with Crippen LogP contribution in [0.4, 0.5) is 10.6 Å². The predicted octanol–water partition coefficient (Wildman–Crippen LogP) is 5.15. The molecule has 4 rings (SSSR count). The molecule has 0 aliphatic heterocycles. The Morgan fingerprint density at radius 2 is 1.70 bits per heavy atom. The van der Waals surface area contributed by atoms with Gasteiger partial charge in [0.15, 0.2) is 0 Å². The number of alkyl carbamates (subject to hydrolysis) is 1. The number of hydrogen-bond donors (Lipinski definition) is 4. The molecule has 214 valence electrons. The molecule has 1 aromatic carbocycles. The number of fused-ring (bicyclic) bond motifs is 1. The quantitative estimate of drug-likeness (QED) is 0.292. The number of para-hydroxylation sites is 1. The number of amides is 2. The van der Waals surface area contributed by atoms with Crippen LogP contribution < -0.4 is 16.0 Å². The third kappa shape index (κ3) is 8.14. The van der Waals surface area contributed by atoms with Crippen molar-refractivity contribution in [1.82, 2.24) is 20.6 Å². The van der Waals surface area contributed by atoms with E-state index in [-0.39, 0.29) is 24.6 Å². The average Bonchev–Trinajstić information content (AvgIpc) is 2.94. The van der Waals surface area contributed by atoms with E-state index in [4.69, 9.17) is 9.72 Å². The standard InChI is InChI=1S/C31H41N5O4/c1-20(19-37)35-28-14-13-23(18-32-28)27-15-25(24-7-5-6-8-26(24)36-27)29(38)33-16-21-9-11-22(12-10-21)17-34-30(39)40-31(2,3)4/h5-8,13-15,18,20-22,37H,9-12,16-17,19H2,1-4H3,(H,32,35)(H,33,38)(H,34,39). The molecule has 0 bridgehead atoms. The maximum atomic E-state index is 13.4. The Balaban J connectivity index is 1.36. The summed E-state index contributed by atoms with van der Waals surface area (Å²) in [5, 5.41) is 19.3. The van der Waals surface area contributed by atoms with Crippen LogP contribution in [0.25, 0.3) is 22.2 Å². The predicted molar refractivity (Wildman–Crippen MR) is 157 cm³/mol. The second kappa shape index (κ2) is 13.1. The molecule has 0 spiro atoms. The highest BCUT2D eigenvalue weighted by atomic mass is 16.6. The van der Waals surface area contributed by atoms with Crippen LogP contribution in [-0.4, -0.2) is 58.4 Å². The largest absolute Gasteiger partial charge is 0.444 e. The molecule has 0 radical (unpaired) electrons. The lowest BCUT2D eigenvalue weighted by Crippen LogP contribution is -2.37. The van der Waals surface area contributed by atoms with E-state index in [1.165, 1.54) is 0 Å². The number of aromatic nitrogens is 2. The summed E-state index contributed by atoms with van der Waals surface area (Å²) in [6, 6.07) is 13.1. The molecule has 1 aliphatic rings. The van der Waals surface area contributed by atoms with E-state index in [9.17, 15) is 14.7 Å². The summed E-state index contributed by atoms with van der Waals surface area (Å²) in [6.45, 7) is 8.69. The molecule has 1 atom stereocenters. The van der Waals surface area contributed by atoms with Gasteiger partial charge in [0.2, 0.25) is 0 Å². The van der Waals surface area contributed by atoms with Gasteiger partial charge in [0.05, 0.1) is 23.4 Å². The molecule has 9 heteroatoms. The normalized spacial score (nSPS) is 18.1. The molecular weight excluding hydrogens is 506 g/mol. The lowest BCUT2D eigenvalue weighted by atomic mass is 9.82. The number of nitrogens with one attached hydrogen (secondary N) is 3. The van der Waals surface area contributed by atoms with Gasteiger partial charge in [-0.25, -0.2) is 14.8 Å². The molecule has 1 unspecified atom stereocenters. The minimum Gasteiger partial charge on any atom is -0.444 e. The third-order valence-corrected chi connectivity index (χ3v) is 7.14. The molecule has 2 heterocycles. The zero-order valence-electron chi connectivity index (χ0n) is 23.9. The first kappa shape index (κ1) is 29.3. The van der Waals surface area contributed by atoms with Crippen molar-refractivity contribution < 1.29 is 19.4 Å². The Kier molecular flexibility index (Phi) is 9.58. The fourth-order valence-corrected chi connectivity index (χ4v) is 4.95. The Morgan fingerprint density at radius 1 is 1.02 bits per heavy atom. The van der Waals surface area contributed by atoms with E-state index in [0.29, 0.717) is 42.0 Å². The number of aliphatic hydroxyl groups is 1. The monoisotopic (exact) mass is 547 g/mol. The van der Waals surface area contributed by atoms with Crippen molar-refractivity contribution in [2.45, 2.75) is 65.0 Å². The Morgan fingerprint density at radius 3 is 2.33 bits per heavy atom. The maximum Gasteiger partial charge on any atom is 0.407 e. The van der Waals surface area contributed by atoms with E-state index < -0.39 is 5.60 Å². The van der Waals surface area contributed by atoms with Crippen molar-refractivity contribution in [1.29, 1.82) is 0 Å². The fourth-order valence-electron chi connectivity index (χ4n) is 4.95. The number of nitrogens with zero attached hydrogens (tertiary/aromatic N) is 2. The first-order chi connectivity index (χ1) is 19.1. The summed E-state index contributed by atoms with van der Waals surface area (Å²) in [7, 11) is 0. The topological polar surface area (TPSA) is 125 Å². The van der Waals surface area contributed by atoms with Gasteiger partial charge in [0.1, 0.15) is 11.4 Å². The van der Waals surface area contributed by atoms with Gasteiger partial charge in [-0.2, -0.15) is 0 Å². The van der Waals surface area contributed by atoms with Crippen LogP contribution >= 0.6 is 0 Å². The number of carbonyl (C=O) groups is 2. The molecule has 2 aromatic heterocycles. The smallest absolute Gasteiger partial charge is 0.407 e. The molecule has 2 amide bonds. The molecule has 40 heavy (non-hydrogen) atoms. The highest BCUT2D eigenvalue weighted by molar-refractivity contribution is 6.07. The lowest BCUT2D eigenvalue weighted by Gasteiger charge is -2.29. The molecule has 1 fully saturated rings. The van der Waals surface area contributed by atoms with Gasteiger partial charge in [0.25, 0.3) is 5.91 Å². The van der Waals surface area contributed by atoms with Crippen LogP contribution in [-0.2, 0) is 4.74 Å². The van der Waals surface area contributed by atoms with Gasteiger partial charge in [0, 0.05) is 36.3 Å². The third-order valence-electron chi connectivity index (χ3n) is 7.14. The first-order valence-corrected chi connectivity index (χ1v) is 14.1. The van der Waals surface area contributed by atoms with Crippen molar-refractivity contribution in [3.05, 3.63) is 54.2 Å². The van der Waals surface area contributed by atoms with Crippen molar-refractivity contribution in [2.75, 3.05) is 25.0 Å². The van der Waals surface area contributed by atoms with Crippen LogP contribution in [0.1, 0.15) is 63.7 Å². The molecule has 1 aliphatic carbocycles. The number of rotatable bonds is 9. The molecule has 0 saturated heterocycles. The van der Waals surface area contributed by atoms with E-state index >= 15 is 0 Å². The minimum absolute atomic E-state index is 0.0148. The number of hydrogen-bond acceptors (Lipinski definition) is 7. The summed E-state index contributed by atoms with van der Waals surface area (Å²) in [5.41, 5.74) is 2.32. The summed E-state index contributed by atoms with van der Waals surface area (Å²) in [4.78, 5) is 34.6. The van der Waals surface area contributed by atoms with Crippen molar-refractivity contribution in [3.8, 4) is 11.3 Å². The van der Waals surface area contributed by atoms with E-state index in [2.05, 4.69) is 20.9 Å². The number of ether oxygens (including phenoxy) is 1. The number of aliphatic hydroxyl groups excluding tert-OH is 1. The number of carbonyl (C=O) groups excluding carboxylic acids is 2. The van der Waals surface area contributed by atoms with Crippen LogP contribution in [0.2, 0.25) is 0 Å². The Hall–Kier alpha value is -3.72. The van der Waals surface area contributed by atoms with Crippen LogP contribution in [0, 0.1) is 11.8 Å². The molecular formula is C31H41N5O4. The number of pyridine rings is 2. The van der Waals surface area contributed by atoms with E-state index in [1.807, 2.05) is 70.2 Å². The number of anilines is 1. The second-order valence-electron chi connectivity index (χ2n) is 11.7. The number of benzene rings is 1. The summed E-state index contributed by atoms with van der Waals surface area (Å²) >= 11 is 0. The summed E-state index contributed by atoms with van der Waals surface area (Å²) < 4.78 is 5.33. The second-order valence-corrected chi connectivity index (χ2v) is 11.7. The zero-order valence-corrected chi connectivity index (χ0v) is 23.9. The molecule has 1 saturated carbocycles. The van der Waals surface area contributed by atoms with Gasteiger partial charge < -0.3 is 25.8 Å². The fraction of sp³-hybridized carbons (Fsp3) is 0.484. The Bertz CT molecular complexity index is 1300. The van der Waals surface area contributed by atoms with Crippen molar-refractivity contribution >= 4 is 28.7 Å². The lowest BCUT2D eigenvalue weighted by molar-refractivity contribution is 0.0512. The highest BCUT2D eigenvalue weighted by Crippen LogP contribution is 2.29. The summed E-state index contributed by atoms with van der Waals surface area (Å²) in [5.74, 6) is 1.38. The van der Waals surface area contributed by atoms with E-state index in [0.717, 1.165) is 42.1 Å². The first-order valence-electron chi connectivity index (χ1n) is 14.1. The average molecular weight is 548 g/mol. The van der Waals surface area contributed by atoms with Crippen LogP contribution in [0.3, 0.4) is 0 Å². The SMILES string of the molecule is CC(CO)Nc1ccc(-c2cc(C(=O)NCC3CCC(CNC(=O)OC(C)(C)C)CC3)c3ccccc3n2)cn1. The van der Waals surface area contributed by atoms with Crippen molar-refractivity contribution in [2.24, 2.45) is 11.8 Å². The Labute approximate surface area is 236 Å².